The molecule has 1 atom stereocenters. The lowest BCUT2D eigenvalue weighted by Gasteiger charge is -2.13. The summed E-state index contributed by atoms with van der Waals surface area (Å²) in [4.78, 5) is 12.5. The SMILES string of the molecule is Cc1cc2c(cc1C)OC(C(=O)Nc1cc3c(cc1N)OCO3)C2. The highest BCUT2D eigenvalue weighted by Gasteiger charge is 2.30. The van der Waals surface area contributed by atoms with Gasteiger partial charge in [0.2, 0.25) is 6.79 Å². The Labute approximate surface area is 139 Å². The summed E-state index contributed by atoms with van der Waals surface area (Å²) in [5.41, 5.74) is 10.3. The van der Waals surface area contributed by atoms with Crippen LogP contribution in [0.5, 0.6) is 17.2 Å². The standard InChI is InChI=1S/C18H18N2O4/c1-9-3-11-5-17(24-14(11)4-10(9)2)18(21)20-13-7-16-15(6-12(13)19)22-8-23-16/h3-4,6-7,17H,5,8,19H2,1-2H3,(H,20,21). The van der Waals surface area contributed by atoms with E-state index in [9.17, 15) is 4.79 Å². The Hall–Kier alpha value is -2.89. The number of nitrogen functional groups attached to an aromatic ring is 1. The van der Waals surface area contributed by atoms with Gasteiger partial charge in [-0.05, 0) is 36.6 Å². The van der Waals surface area contributed by atoms with Crippen LogP contribution >= 0.6 is 0 Å². The number of fused-ring (bicyclic) bond motifs is 2. The molecule has 0 aromatic heterocycles. The number of carbonyl (C=O) groups excluding carboxylic acids is 1. The molecule has 3 N–H and O–H groups in total. The van der Waals surface area contributed by atoms with Gasteiger partial charge in [-0.2, -0.15) is 0 Å². The molecular weight excluding hydrogens is 308 g/mol. The maximum absolute atomic E-state index is 12.5. The number of anilines is 2. The molecule has 2 heterocycles. The van der Waals surface area contributed by atoms with Gasteiger partial charge in [-0.1, -0.05) is 6.07 Å². The van der Waals surface area contributed by atoms with Gasteiger partial charge >= 0.3 is 0 Å². The van der Waals surface area contributed by atoms with Crippen molar-refractivity contribution in [3.63, 3.8) is 0 Å². The average molecular weight is 326 g/mol. The van der Waals surface area contributed by atoms with E-state index < -0.39 is 6.10 Å². The zero-order valence-corrected chi connectivity index (χ0v) is 13.5. The molecule has 0 saturated heterocycles. The van der Waals surface area contributed by atoms with Crippen LogP contribution in [0.25, 0.3) is 0 Å². The Kier molecular flexibility index (Phi) is 3.26. The number of carbonyl (C=O) groups is 1. The van der Waals surface area contributed by atoms with Crippen molar-refractivity contribution in [2.45, 2.75) is 26.4 Å². The molecule has 2 aliphatic heterocycles. The van der Waals surface area contributed by atoms with Crippen LogP contribution in [0.4, 0.5) is 11.4 Å². The normalized spacial score (nSPS) is 17.3. The second-order valence-electron chi connectivity index (χ2n) is 6.14. The van der Waals surface area contributed by atoms with E-state index in [1.165, 1.54) is 5.56 Å². The number of hydrogen-bond donors (Lipinski definition) is 2. The number of benzene rings is 2. The lowest BCUT2D eigenvalue weighted by Crippen LogP contribution is -2.31. The zero-order valence-electron chi connectivity index (χ0n) is 13.5. The number of ether oxygens (including phenoxy) is 3. The van der Waals surface area contributed by atoms with Gasteiger partial charge in [0, 0.05) is 18.6 Å². The van der Waals surface area contributed by atoms with Crippen LogP contribution in [0.15, 0.2) is 24.3 Å². The van der Waals surface area contributed by atoms with Gasteiger partial charge in [-0.25, -0.2) is 0 Å². The molecule has 2 aromatic carbocycles. The van der Waals surface area contributed by atoms with E-state index in [1.807, 2.05) is 13.0 Å². The fourth-order valence-electron chi connectivity index (χ4n) is 2.94. The van der Waals surface area contributed by atoms with Gasteiger partial charge in [0.25, 0.3) is 5.91 Å². The Morgan fingerprint density at radius 3 is 2.58 bits per heavy atom. The van der Waals surface area contributed by atoms with Crippen molar-refractivity contribution in [3.8, 4) is 17.2 Å². The summed E-state index contributed by atoms with van der Waals surface area (Å²) in [6, 6.07) is 7.38. The van der Waals surface area contributed by atoms with Gasteiger partial charge in [-0.3, -0.25) is 4.79 Å². The largest absolute Gasteiger partial charge is 0.480 e. The van der Waals surface area contributed by atoms with Crippen LogP contribution in [-0.2, 0) is 11.2 Å². The highest BCUT2D eigenvalue weighted by Crippen LogP contribution is 2.39. The van der Waals surface area contributed by atoms with E-state index in [1.54, 1.807) is 12.1 Å². The Balaban J connectivity index is 1.52. The van der Waals surface area contributed by atoms with E-state index in [0.717, 1.165) is 16.9 Å². The van der Waals surface area contributed by atoms with E-state index in [2.05, 4.69) is 18.3 Å². The fourth-order valence-corrected chi connectivity index (χ4v) is 2.94. The second-order valence-corrected chi connectivity index (χ2v) is 6.14. The van der Waals surface area contributed by atoms with Crippen LogP contribution in [0.2, 0.25) is 0 Å². The molecule has 0 aliphatic carbocycles. The van der Waals surface area contributed by atoms with Crippen molar-refractivity contribution in [1.29, 1.82) is 0 Å². The van der Waals surface area contributed by atoms with Crippen molar-refractivity contribution in [1.82, 2.24) is 0 Å². The van der Waals surface area contributed by atoms with Crippen LogP contribution in [-0.4, -0.2) is 18.8 Å². The third kappa shape index (κ3) is 2.40. The molecule has 0 radical (unpaired) electrons. The van der Waals surface area contributed by atoms with E-state index in [-0.39, 0.29) is 12.7 Å². The maximum Gasteiger partial charge on any atom is 0.265 e. The summed E-state index contributed by atoms with van der Waals surface area (Å²) >= 11 is 0. The maximum atomic E-state index is 12.5. The quantitative estimate of drug-likeness (QED) is 0.829. The summed E-state index contributed by atoms with van der Waals surface area (Å²) in [7, 11) is 0. The van der Waals surface area contributed by atoms with E-state index in [4.69, 9.17) is 19.9 Å². The number of nitrogens with one attached hydrogen (secondary N) is 1. The Morgan fingerprint density at radius 1 is 1.08 bits per heavy atom. The highest BCUT2D eigenvalue weighted by molar-refractivity contribution is 5.98. The van der Waals surface area contributed by atoms with Crippen LogP contribution < -0.4 is 25.3 Å². The molecule has 24 heavy (non-hydrogen) atoms. The molecule has 0 saturated carbocycles. The summed E-state index contributed by atoms with van der Waals surface area (Å²) in [6.07, 6.45) is -0.0155. The van der Waals surface area contributed by atoms with Gasteiger partial charge in [0.05, 0.1) is 11.4 Å². The predicted octanol–water partition coefficient (Wildman–Crippen LogP) is 2.56. The molecular formula is C18H18N2O4. The molecule has 2 aromatic rings. The molecule has 1 amide bonds. The number of amides is 1. The molecule has 0 fully saturated rings. The lowest BCUT2D eigenvalue weighted by molar-refractivity contribution is -0.122. The zero-order chi connectivity index (χ0) is 16.8. The third-order valence-corrected chi connectivity index (χ3v) is 4.45. The van der Waals surface area contributed by atoms with Crippen molar-refractivity contribution in [2.24, 2.45) is 0 Å². The van der Waals surface area contributed by atoms with Crippen LogP contribution in [0.3, 0.4) is 0 Å². The molecule has 6 nitrogen and oxygen atoms in total. The Morgan fingerprint density at radius 2 is 1.79 bits per heavy atom. The smallest absolute Gasteiger partial charge is 0.265 e. The van der Waals surface area contributed by atoms with Crippen molar-refractivity contribution < 1.29 is 19.0 Å². The molecule has 0 spiro atoms. The lowest BCUT2D eigenvalue weighted by atomic mass is 10.0. The minimum atomic E-state index is -0.564. The molecule has 2 aliphatic rings. The Bertz CT molecular complexity index is 816. The number of rotatable bonds is 2. The number of hydrogen-bond acceptors (Lipinski definition) is 5. The van der Waals surface area contributed by atoms with Gasteiger partial charge in [0.15, 0.2) is 17.6 Å². The van der Waals surface area contributed by atoms with E-state index >= 15 is 0 Å². The highest BCUT2D eigenvalue weighted by atomic mass is 16.7. The van der Waals surface area contributed by atoms with Crippen molar-refractivity contribution in [2.75, 3.05) is 17.8 Å². The molecule has 0 bridgehead atoms. The first-order chi connectivity index (χ1) is 11.5. The van der Waals surface area contributed by atoms with Crippen molar-refractivity contribution >= 4 is 17.3 Å². The molecule has 4 rings (SSSR count). The first-order valence-corrected chi connectivity index (χ1v) is 7.78. The molecule has 1 unspecified atom stereocenters. The van der Waals surface area contributed by atoms with Gasteiger partial charge in [-0.15, -0.1) is 0 Å². The average Bonchev–Trinajstić information content (AvgIpc) is 3.14. The minimum Gasteiger partial charge on any atom is -0.480 e. The first-order valence-electron chi connectivity index (χ1n) is 7.78. The first kappa shape index (κ1) is 14.7. The van der Waals surface area contributed by atoms with Crippen LogP contribution in [0, 0.1) is 13.8 Å². The van der Waals surface area contributed by atoms with Gasteiger partial charge < -0.3 is 25.3 Å². The summed E-state index contributed by atoms with van der Waals surface area (Å²) in [6.45, 7) is 4.24. The summed E-state index contributed by atoms with van der Waals surface area (Å²) in [5, 5.41) is 2.82. The monoisotopic (exact) mass is 326 g/mol. The minimum absolute atomic E-state index is 0.159. The third-order valence-electron chi connectivity index (χ3n) is 4.45. The van der Waals surface area contributed by atoms with E-state index in [0.29, 0.717) is 29.3 Å². The number of nitrogens with two attached hydrogens (primary N) is 1. The fraction of sp³-hybridized carbons (Fsp3) is 0.278. The number of aryl methyl sites for hydroxylation is 2. The second kappa shape index (κ2) is 5.33. The topological polar surface area (TPSA) is 82.8 Å². The molecule has 6 heteroatoms. The molecule has 124 valence electrons. The van der Waals surface area contributed by atoms with Gasteiger partial charge in [0.1, 0.15) is 5.75 Å². The van der Waals surface area contributed by atoms with Crippen molar-refractivity contribution in [3.05, 3.63) is 41.0 Å². The summed E-state index contributed by atoms with van der Waals surface area (Å²) < 4.78 is 16.4. The van der Waals surface area contributed by atoms with Crippen LogP contribution in [0.1, 0.15) is 16.7 Å². The predicted molar refractivity (Wildman–Crippen MR) is 89.6 cm³/mol. The summed E-state index contributed by atoms with van der Waals surface area (Å²) in [5.74, 6) is 1.70.